The maximum atomic E-state index is 13.8. The number of nitrogens with zero attached hydrogens (tertiary/aromatic N) is 1. The second-order valence-corrected chi connectivity index (χ2v) is 9.85. The number of nitrogens with one attached hydrogen (secondary N) is 2. The molecule has 2 atom stereocenters. The molecule has 0 saturated carbocycles. The first-order valence-corrected chi connectivity index (χ1v) is 11.7. The first-order valence-electron chi connectivity index (χ1n) is 11.7. The summed E-state index contributed by atoms with van der Waals surface area (Å²) in [5.41, 5.74) is 0.134. The highest BCUT2D eigenvalue weighted by Gasteiger charge is 2.36. The van der Waals surface area contributed by atoms with Crippen molar-refractivity contribution in [2.45, 2.75) is 65.6 Å². The van der Waals surface area contributed by atoms with E-state index in [-0.39, 0.29) is 24.6 Å². The van der Waals surface area contributed by atoms with Crippen molar-refractivity contribution in [1.29, 1.82) is 0 Å². The van der Waals surface area contributed by atoms with E-state index in [0.717, 1.165) is 0 Å². The van der Waals surface area contributed by atoms with Gasteiger partial charge in [0.15, 0.2) is 0 Å². The molecule has 1 aromatic carbocycles. The molecule has 2 unspecified atom stereocenters. The van der Waals surface area contributed by atoms with E-state index in [1.807, 2.05) is 13.8 Å². The highest BCUT2D eigenvalue weighted by Crippen LogP contribution is 2.27. The number of alkyl carbamates (subject to hydrolysis) is 1. The lowest BCUT2D eigenvalue weighted by Gasteiger charge is -2.34. The molecular formula is C26H39N3O7. The monoisotopic (exact) mass is 505 g/mol. The topological polar surface area (TPSA) is 134 Å². The number of methoxy groups -OCH3 is 1. The maximum absolute atomic E-state index is 13.8. The predicted octanol–water partition coefficient (Wildman–Crippen LogP) is 2.98. The van der Waals surface area contributed by atoms with Crippen LogP contribution in [0.3, 0.4) is 0 Å². The fourth-order valence-electron chi connectivity index (χ4n) is 3.45. The minimum atomic E-state index is -1.19. The van der Waals surface area contributed by atoms with Crippen LogP contribution in [0.25, 0.3) is 0 Å². The molecule has 3 N–H and O–H groups in total. The van der Waals surface area contributed by atoms with Crippen LogP contribution in [0.15, 0.2) is 30.9 Å². The van der Waals surface area contributed by atoms with Crippen molar-refractivity contribution >= 4 is 23.9 Å². The molecule has 0 aliphatic carbocycles. The highest BCUT2D eigenvalue weighted by molar-refractivity contribution is 5.93. The third-order valence-corrected chi connectivity index (χ3v) is 5.04. The number of hydrogen-bond donors (Lipinski definition) is 3. The Balaban J connectivity index is 3.47. The van der Waals surface area contributed by atoms with E-state index in [0.29, 0.717) is 11.1 Å². The van der Waals surface area contributed by atoms with Gasteiger partial charge in [-0.05, 0) is 63.3 Å². The van der Waals surface area contributed by atoms with Crippen molar-refractivity contribution < 1.29 is 33.8 Å². The summed E-state index contributed by atoms with van der Waals surface area (Å²) in [5, 5.41) is 15.1. The molecule has 0 saturated heterocycles. The quantitative estimate of drug-likeness (QED) is 0.311. The summed E-state index contributed by atoms with van der Waals surface area (Å²) >= 11 is 0. The van der Waals surface area contributed by atoms with Crippen LogP contribution in [0.2, 0.25) is 0 Å². The third-order valence-electron chi connectivity index (χ3n) is 5.04. The van der Waals surface area contributed by atoms with Gasteiger partial charge in [0.25, 0.3) is 0 Å². The minimum Gasteiger partial charge on any atom is -0.508 e. The summed E-state index contributed by atoms with van der Waals surface area (Å²) in [6.45, 7) is 13.9. The van der Waals surface area contributed by atoms with Gasteiger partial charge in [0.2, 0.25) is 11.8 Å². The van der Waals surface area contributed by atoms with Crippen LogP contribution in [0.1, 0.15) is 58.2 Å². The van der Waals surface area contributed by atoms with Gasteiger partial charge in [0.05, 0.1) is 7.11 Å². The van der Waals surface area contributed by atoms with E-state index in [1.165, 1.54) is 30.2 Å². The second-order valence-electron chi connectivity index (χ2n) is 9.85. The largest absolute Gasteiger partial charge is 0.508 e. The molecule has 36 heavy (non-hydrogen) atoms. The van der Waals surface area contributed by atoms with Crippen molar-refractivity contribution in [3.05, 3.63) is 42.0 Å². The Hall–Kier alpha value is -3.56. The second kappa shape index (κ2) is 13.5. The van der Waals surface area contributed by atoms with Crippen molar-refractivity contribution in [1.82, 2.24) is 15.5 Å². The van der Waals surface area contributed by atoms with Crippen molar-refractivity contribution in [2.75, 3.05) is 20.2 Å². The van der Waals surface area contributed by atoms with Gasteiger partial charge < -0.3 is 30.1 Å². The van der Waals surface area contributed by atoms with Gasteiger partial charge in [0.1, 0.15) is 30.0 Å². The maximum Gasteiger partial charge on any atom is 0.408 e. The summed E-state index contributed by atoms with van der Waals surface area (Å²) in [4.78, 5) is 52.6. The number of carbonyl (C=O) groups excluding carboxylic acids is 4. The summed E-state index contributed by atoms with van der Waals surface area (Å²) in [5.74, 6) is -1.77. The standard InChI is InChI=1S/C26H39N3O7/c1-9-12-29(24(33)19(13-16(2)3)28-25(34)36-26(5,6)7)22(23(32)27-15-21(31)35-8)18-10-11-20(30)17(4)14-18/h9-11,14,16,19,22,30H,1,12-13,15H2,2-8H3,(H,27,32)(H,28,34). The molecule has 200 valence electrons. The number of esters is 1. The fourth-order valence-corrected chi connectivity index (χ4v) is 3.45. The summed E-state index contributed by atoms with van der Waals surface area (Å²) in [7, 11) is 1.20. The number of benzene rings is 1. The number of amides is 3. The SMILES string of the molecule is C=CCN(C(=O)C(CC(C)C)NC(=O)OC(C)(C)C)C(C(=O)NCC(=O)OC)c1ccc(O)c(C)c1. The van der Waals surface area contributed by atoms with Crippen molar-refractivity contribution in [3.8, 4) is 5.75 Å². The van der Waals surface area contributed by atoms with E-state index in [9.17, 15) is 24.3 Å². The van der Waals surface area contributed by atoms with Gasteiger partial charge in [0, 0.05) is 6.54 Å². The Labute approximate surface area is 213 Å². The van der Waals surface area contributed by atoms with E-state index in [2.05, 4.69) is 21.9 Å². The molecule has 1 aromatic rings. The Bertz CT molecular complexity index is 953. The zero-order valence-corrected chi connectivity index (χ0v) is 22.2. The number of phenolic OH excluding ortho intramolecular Hbond substituents is 1. The van der Waals surface area contributed by atoms with E-state index < -0.39 is 48.1 Å². The average molecular weight is 506 g/mol. The molecule has 0 bridgehead atoms. The molecule has 3 amide bonds. The molecule has 0 heterocycles. The van der Waals surface area contributed by atoms with Gasteiger partial charge in [-0.25, -0.2) is 4.79 Å². The molecule has 0 spiro atoms. The average Bonchev–Trinajstić information content (AvgIpc) is 2.76. The normalized spacial score (nSPS) is 12.8. The number of aryl methyl sites for hydroxylation is 1. The lowest BCUT2D eigenvalue weighted by molar-refractivity contribution is -0.144. The first kappa shape index (κ1) is 30.5. The number of hydrogen-bond acceptors (Lipinski definition) is 7. The van der Waals surface area contributed by atoms with E-state index in [1.54, 1.807) is 33.8 Å². The lowest BCUT2D eigenvalue weighted by atomic mass is 9.98. The lowest BCUT2D eigenvalue weighted by Crippen LogP contribution is -2.53. The van der Waals surface area contributed by atoms with Gasteiger partial charge in [-0.3, -0.25) is 14.4 Å². The zero-order chi connectivity index (χ0) is 27.6. The van der Waals surface area contributed by atoms with Crippen LogP contribution >= 0.6 is 0 Å². The van der Waals surface area contributed by atoms with Crippen LogP contribution in [0.4, 0.5) is 4.79 Å². The number of ether oxygens (including phenoxy) is 2. The van der Waals surface area contributed by atoms with Crippen LogP contribution in [0.5, 0.6) is 5.75 Å². The first-order chi connectivity index (χ1) is 16.7. The molecule has 0 aliphatic rings. The Morgan fingerprint density at radius 3 is 2.33 bits per heavy atom. The summed E-state index contributed by atoms with van der Waals surface area (Å²) in [6.07, 6.45) is 0.995. The molecule has 0 fully saturated rings. The summed E-state index contributed by atoms with van der Waals surface area (Å²) < 4.78 is 9.94. The highest BCUT2D eigenvalue weighted by atomic mass is 16.6. The van der Waals surface area contributed by atoms with Gasteiger partial charge in [-0.2, -0.15) is 0 Å². The van der Waals surface area contributed by atoms with Crippen LogP contribution in [-0.2, 0) is 23.9 Å². The van der Waals surface area contributed by atoms with E-state index in [4.69, 9.17) is 4.74 Å². The number of carbonyl (C=O) groups is 4. The fraction of sp³-hybridized carbons (Fsp3) is 0.538. The molecule has 0 radical (unpaired) electrons. The van der Waals surface area contributed by atoms with Crippen molar-refractivity contribution in [3.63, 3.8) is 0 Å². The Morgan fingerprint density at radius 1 is 1.19 bits per heavy atom. The third kappa shape index (κ3) is 9.59. The molecule has 1 rings (SSSR count). The number of phenols is 1. The van der Waals surface area contributed by atoms with E-state index >= 15 is 0 Å². The van der Waals surface area contributed by atoms with Gasteiger partial charge >= 0.3 is 12.1 Å². The molecule has 10 heteroatoms. The van der Waals surface area contributed by atoms with Gasteiger partial charge in [-0.15, -0.1) is 6.58 Å². The van der Waals surface area contributed by atoms with Crippen molar-refractivity contribution in [2.24, 2.45) is 5.92 Å². The molecule has 10 nitrogen and oxygen atoms in total. The number of aromatic hydroxyl groups is 1. The smallest absolute Gasteiger partial charge is 0.408 e. The zero-order valence-electron chi connectivity index (χ0n) is 22.2. The molecular weight excluding hydrogens is 466 g/mol. The minimum absolute atomic E-state index is 0.0262. The Kier molecular flexibility index (Phi) is 11.4. The van der Waals surface area contributed by atoms with Crippen LogP contribution in [0, 0.1) is 12.8 Å². The predicted molar refractivity (Wildman–Crippen MR) is 135 cm³/mol. The van der Waals surface area contributed by atoms with Crippen LogP contribution < -0.4 is 10.6 Å². The van der Waals surface area contributed by atoms with Gasteiger partial charge in [-0.1, -0.05) is 26.0 Å². The van der Waals surface area contributed by atoms with Crippen LogP contribution in [-0.4, -0.2) is 65.7 Å². The molecule has 0 aliphatic heterocycles. The molecule has 0 aromatic heterocycles. The summed E-state index contributed by atoms with van der Waals surface area (Å²) in [6, 6.07) is 2.35. The number of rotatable bonds is 11. The Morgan fingerprint density at radius 2 is 1.83 bits per heavy atom.